The number of hydrogen-bond acceptors (Lipinski definition) is 6. The summed E-state index contributed by atoms with van der Waals surface area (Å²) in [6.45, 7) is 2.69. The molecule has 8 heteroatoms. The minimum Gasteiger partial charge on any atom is -0.313 e. The Bertz CT molecular complexity index is 595. The molecule has 100 valence electrons. The Hall–Kier alpha value is -2.35. The van der Waals surface area contributed by atoms with E-state index in [1.54, 1.807) is 24.7 Å². The lowest BCUT2D eigenvalue weighted by molar-refractivity contribution is -0.385. The first kappa shape index (κ1) is 13.1. The maximum absolute atomic E-state index is 10.9. The van der Waals surface area contributed by atoms with Crippen molar-refractivity contribution < 1.29 is 4.92 Å². The highest BCUT2D eigenvalue weighted by Gasteiger charge is 2.14. The molecule has 1 N–H and O–H groups in total. The molecule has 0 radical (unpaired) electrons. The molecule has 0 bridgehead atoms. The van der Waals surface area contributed by atoms with E-state index in [2.05, 4.69) is 20.8 Å². The summed E-state index contributed by atoms with van der Waals surface area (Å²) in [4.78, 5) is 10.5. The molecule has 1 aromatic heterocycles. The van der Waals surface area contributed by atoms with Crippen LogP contribution in [-0.2, 0) is 13.1 Å². The van der Waals surface area contributed by atoms with Crippen molar-refractivity contribution in [1.29, 1.82) is 0 Å². The first-order chi connectivity index (χ1) is 9.13. The fraction of sp³-hybridized carbons (Fsp3) is 0.364. The number of nitrogens with one attached hydrogen (secondary N) is 1. The maximum atomic E-state index is 10.9. The SMILES string of the molecule is CNCc1nnnn1Cc1cccc([N+](=O)[O-])c1C. The van der Waals surface area contributed by atoms with Crippen molar-refractivity contribution in [3.8, 4) is 0 Å². The molecule has 0 saturated heterocycles. The number of aromatic nitrogens is 4. The Morgan fingerprint density at radius 2 is 2.26 bits per heavy atom. The Morgan fingerprint density at radius 3 is 2.95 bits per heavy atom. The molecule has 0 amide bonds. The van der Waals surface area contributed by atoms with Crippen molar-refractivity contribution >= 4 is 5.69 Å². The number of rotatable bonds is 5. The molecular formula is C11H14N6O2. The topological polar surface area (TPSA) is 98.8 Å². The smallest absolute Gasteiger partial charge is 0.272 e. The molecule has 1 aromatic carbocycles. The molecule has 19 heavy (non-hydrogen) atoms. The summed E-state index contributed by atoms with van der Waals surface area (Å²) in [6, 6.07) is 5.00. The average molecular weight is 262 g/mol. The van der Waals surface area contributed by atoms with Crippen molar-refractivity contribution in [2.24, 2.45) is 0 Å². The fourth-order valence-electron chi connectivity index (χ4n) is 1.83. The Morgan fingerprint density at radius 1 is 1.47 bits per heavy atom. The summed E-state index contributed by atoms with van der Waals surface area (Å²) in [5.74, 6) is 0.688. The molecule has 2 rings (SSSR count). The maximum Gasteiger partial charge on any atom is 0.272 e. The molecule has 0 spiro atoms. The lowest BCUT2D eigenvalue weighted by Crippen LogP contribution is -2.14. The molecular weight excluding hydrogens is 248 g/mol. The van der Waals surface area contributed by atoms with Crippen molar-refractivity contribution in [3.63, 3.8) is 0 Å². The first-order valence-electron chi connectivity index (χ1n) is 5.76. The van der Waals surface area contributed by atoms with Gasteiger partial charge in [-0.05, 0) is 30.0 Å². The van der Waals surface area contributed by atoms with Crippen molar-refractivity contribution in [3.05, 3.63) is 45.3 Å². The summed E-state index contributed by atoms with van der Waals surface area (Å²) >= 11 is 0. The van der Waals surface area contributed by atoms with E-state index in [0.29, 0.717) is 24.5 Å². The summed E-state index contributed by atoms with van der Waals surface area (Å²) in [7, 11) is 1.80. The summed E-state index contributed by atoms with van der Waals surface area (Å²) in [5.41, 5.74) is 1.58. The van der Waals surface area contributed by atoms with Crippen LogP contribution in [0.1, 0.15) is 17.0 Å². The lowest BCUT2D eigenvalue weighted by Gasteiger charge is -2.07. The minimum absolute atomic E-state index is 0.112. The van der Waals surface area contributed by atoms with Crippen LogP contribution in [-0.4, -0.2) is 32.2 Å². The molecule has 0 unspecified atom stereocenters. The highest BCUT2D eigenvalue weighted by molar-refractivity contribution is 5.44. The average Bonchev–Trinajstić information content (AvgIpc) is 2.79. The summed E-state index contributed by atoms with van der Waals surface area (Å²) < 4.78 is 1.63. The van der Waals surface area contributed by atoms with Crippen LogP contribution in [0.15, 0.2) is 18.2 Å². The van der Waals surface area contributed by atoms with E-state index in [-0.39, 0.29) is 10.6 Å². The van der Waals surface area contributed by atoms with Gasteiger partial charge in [-0.15, -0.1) is 5.10 Å². The van der Waals surface area contributed by atoms with Gasteiger partial charge in [0, 0.05) is 11.6 Å². The summed E-state index contributed by atoms with van der Waals surface area (Å²) in [6.07, 6.45) is 0. The number of hydrogen-bond donors (Lipinski definition) is 1. The monoisotopic (exact) mass is 262 g/mol. The van der Waals surface area contributed by atoms with Crippen molar-refractivity contribution in [1.82, 2.24) is 25.5 Å². The first-order valence-corrected chi connectivity index (χ1v) is 5.76. The number of nitro groups is 1. The van der Waals surface area contributed by atoms with Gasteiger partial charge in [-0.3, -0.25) is 10.1 Å². The van der Waals surface area contributed by atoms with Crippen LogP contribution < -0.4 is 5.32 Å². The molecule has 0 saturated carbocycles. The molecule has 0 aliphatic heterocycles. The van der Waals surface area contributed by atoms with E-state index in [0.717, 1.165) is 5.56 Å². The zero-order valence-corrected chi connectivity index (χ0v) is 10.7. The van der Waals surface area contributed by atoms with Crippen LogP contribution in [0.5, 0.6) is 0 Å². The molecule has 1 heterocycles. The van der Waals surface area contributed by atoms with Gasteiger partial charge in [0.1, 0.15) is 0 Å². The van der Waals surface area contributed by atoms with Gasteiger partial charge in [0.15, 0.2) is 5.82 Å². The Kier molecular flexibility index (Phi) is 3.81. The van der Waals surface area contributed by atoms with E-state index in [1.807, 2.05) is 6.07 Å². The third kappa shape index (κ3) is 2.74. The minimum atomic E-state index is -0.382. The zero-order valence-electron chi connectivity index (χ0n) is 10.7. The van der Waals surface area contributed by atoms with Gasteiger partial charge >= 0.3 is 0 Å². The second-order valence-electron chi connectivity index (χ2n) is 4.10. The highest BCUT2D eigenvalue weighted by atomic mass is 16.6. The van der Waals surface area contributed by atoms with Crippen LogP contribution in [0.25, 0.3) is 0 Å². The van der Waals surface area contributed by atoms with Crippen LogP contribution in [0, 0.1) is 17.0 Å². The van der Waals surface area contributed by atoms with Gasteiger partial charge in [0.25, 0.3) is 5.69 Å². The van der Waals surface area contributed by atoms with Crippen LogP contribution >= 0.6 is 0 Å². The van der Waals surface area contributed by atoms with Gasteiger partial charge in [-0.1, -0.05) is 12.1 Å². The van der Waals surface area contributed by atoms with Gasteiger partial charge < -0.3 is 5.32 Å². The van der Waals surface area contributed by atoms with Gasteiger partial charge in [-0.25, -0.2) is 4.68 Å². The largest absolute Gasteiger partial charge is 0.313 e. The molecule has 0 fully saturated rings. The quantitative estimate of drug-likeness (QED) is 0.627. The second kappa shape index (κ2) is 5.53. The zero-order chi connectivity index (χ0) is 13.8. The fourth-order valence-corrected chi connectivity index (χ4v) is 1.83. The van der Waals surface area contributed by atoms with E-state index in [1.165, 1.54) is 6.07 Å². The third-order valence-electron chi connectivity index (χ3n) is 2.88. The van der Waals surface area contributed by atoms with Crippen LogP contribution in [0.4, 0.5) is 5.69 Å². The molecule has 2 aromatic rings. The Labute approximate surface area is 109 Å². The highest BCUT2D eigenvalue weighted by Crippen LogP contribution is 2.21. The van der Waals surface area contributed by atoms with Crippen LogP contribution in [0.3, 0.4) is 0 Å². The van der Waals surface area contributed by atoms with E-state index >= 15 is 0 Å². The number of nitrogens with zero attached hydrogens (tertiary/aromatic N) is 5. The van der Waals surface area contributed by atoms with E-state index in [9.17, 15) is 10.1 Å². The number of tetrazole rings is 1. The third-order valence-corrected chi connectivity index (χ3v) is 2.88. The molecule has 8 nitrogen and oxygen atoms in total. The molecule has 0 aliphatic rings. The standard InChI is InChI=1S/C11H14N6O2/c1-8-9(4-3-5-10(8)17(18)19)7-16-11(6-12-2)13-14-15-16/h3-5,12H,6-7H2,1-2H3. The number of benzene rings is 1. The number of nitro benzene ring substituents is 1. The Balaban J connectivity index is 2.31. The van der Waals surface area contributed by atoms with Gasteiger partial charge in [0.05, 0.1) is 18.0 Å². The lowest BCUT2D eigenvalue weighted by atomic mass is 10.1. The normalized spacial score (nSPS) is 10.6. The van der Waals surface area contributed by atoms with Crippen molar-refractivity contribution in [2.45, 2.75) is 20.0 Å². The van der Waals surface area contributed by atoms with Gasteiger partial charge in [-0.2, -0.15) is 0 Å². The van der Waals surface area contributed by atoms with E-state index in [4.69, 9.17) is 0 Å². The predicted molar refractivity (Wildman–Crippen MR) is 67.5 cm³/mol. The van der Waals surface area contributed by atoms with E-state index < -0.39 is 0 Å². The molecule has 0 aliphatic carbocycles. The van der Waals surface area contributed by atoms with Crippen LogP contribution in [0.2, 0.25) is 0 Å². The molecule has 0 atom stereocenters. The van der Waals surface area contributed by atoms with Crippen molar-refractivity contribution in [2.75, 3.05) is 7.05 Å². The van der Waals surface area contributed by atoms with Gasteiger partial charge in [0.2, 0.25) is 0 Å². The summed E-state index contributed by atoms with van der Waals surface area (Å²) in [5, 5.41) is 25.3. The predicted octanol–water partition coefficient (Wildman–Crippen LogP) is 0.657. The second-order valence-corrected chi connectivity index (χ2v) is 4.10.